The predicted octanol–water partition coefficient (Wildman–Crippen LogP) is 4.00. The SMILES string of the molecule is Fc1ccc2c(c1)c1cc(F)ccc1n2C1CCCNC1. The van der Waals surface area contributed by atoms with E-state index in [-0.39, 0.29) is 11.6 Å². The van der Waals surface area contributed by atoms with E-state index in [0.717, 1.165) is 47.7 Å². The van der Waals surface area contributed by atoms with Gasteiger partial charge in [-0.1, -0.05) is 0 Å². The van der Waals surface area contributed by atoms with Crippen molar-refractivity contribution in [3.8, 4) is 0 Å². The number of benzene rings is 2. The van der Waals surface area contributed by atoms with Crippen molar-refractivity contribution >= 4 is 21.8 Å². The zero-order valence-electron chi connectivity index (χ0n) is 11.6. The summed E-state index contributed by atoms with van der Waals surface area (Å²) in [6, 6.07) is 9.89. The fraction of sp³-hybridized carbons (Fsp3) is 0.294. The van der Waals surface area contributed by atoms with Gasteiger partial charge in [-0.2, -0.15) is 0 Å². The zero-order valence-corrected chi connectivity index (χ0v) is 11.6. The zero-order chi connectivity index (χ0) is 14.4. The normalized spacial score (nSPS) is 19.4. The molecule has 4 rings (SSSR count). The predicted molar refractivity (Wildman–Crippen MR) is 80.5 cm³/mol. The molecule has 2 aromatic carbocycles. The molecule has 1 saturated heterocycles. The van der Waals surface area contributed by atoms with E-state index < -0.39 is 0 Å². The molecular weight excluding hydrogens is 270 g/mol. The molecule has 0 amide bonds. The second kappa shape index (κ2) is 4.81. The van der Waals surface area contributed by atoms with Crippen molar-refractivity contribution in [3.63, 3.8) is 0 Å². The van der Waals surface area contributed by atoms with Crippen molar-refractivity contribution < 1.29 is 8.78 Å². The molecule has 0 aliphatic carbocycles. The topological polar surface area (TPSA) is 17.0 Å². The lowest BCUT2D eigenvalue weighted by atomic mass is 10.1. The van der Waals surface area contributed by atoms with Gasteiger partial charge in [-0.3, -0.25) is 0 Å². The lowest BCUT2D eigenvalue weighted by molar-refractivity contribution is 0.386. The highest BCUT2D eigenvalue weighted by atomic mass is 19.1. The molecular formula is C17H16F2N2. The molecule has 1 aromatic heterocycles. The summed E-state index contributed by atoms with van der Waals surface area (Å²) in [5.74, 6) is -0.569. The van der Waals surface area contributed by atoms with Crippen molar-refractivity contribution in [3.05, 3.63) is 48.0 Å². The van der Waals surface area contributed by atoms with Gasteiger partial charge in [-0.05, 0) is 55.8 Å². The van der Waals surface area contributed by atoms with Crippen LogP contribution < -0.4 is 5.32 Å². The van der Waals surface area contributed by atoms with Crippen LogP contribution in [0.2, 0.25) is 0 Å². The number of nitrogens with one attached hydrogen (secondary N) is 1. The highest BCUT2D eigenvalue weighted by Gasteiger charge is 2.20. The number of rotatable bonds is 1. The second-order valence-corrected chi connectivity index (χ2v) is 5.69. The van der Waals surface area contributed by atoms with Gasteiger partial charge in [0.2, 0.25) is 0 Å². The molecule has 1 aliphatic rings. The Bertz CT molecular complexity index is 757. The lowest BCUT2D eigenvalue weighted by Crippen LogP contribution is -2.31. The Morgan fingerprint density at radius 3 is 2.10 bits per heavy atom. The number of hydrogen-bond donors (Lipinski definition) is 1. The van der Waals surface area contributed by atoms with E-state index in [1.807, 2.05) is 0 Å². The molecule has 0 bridgehead atoms. The van der Waals surface area contributed by atoms with Crippen molar-refractivity contribution in [2.45, 2.75) is 18.9 Å². The molecule has 108 valence electrons. The number of hydrogen-bond acceptors (Lipinski definition) is 1. The van der Waals surface area contributed by atoms with E-state index in [9.17, 15) is 8.78 Å². The molecule has 2 nitrogen and oxygen atoms in total. The highest BCUT2D eigenvalue weighted by Crippen LogP contribution is 2.34. The molecule has 1 atom stereocenters. The molecule has 4 heteroatoms. The van der Waals surface area contributed by atoms with Gasteiger partial charge in [0.15, 0.2) is 0 Å². The monoisotopic (exact) mass is 286 g/mol. The Balaban J connectivity index is 2.06. The first-order valence-electron chi connectivity index (χ1n) is 7.33. The van der Waals surface area contributed by atoms with Gasteiger partial charge in [0.25, 0.3) is 0 Å². The largest absolute Gasteiger partial charge is 0.336 e. The van der Waals surface area contributed by atoms with Crippen molar-refractivity contribution in [1.82, 2.24) is 9.88 Å². The van der Waals surface area contributed by atoms with Crippen LogP contribution in [0.5, 0.6) is 0 Å². The van der Waals surface area contributed by atoms with Crippen LogP contribution in [0.25, 0.3) is 21.8 Å². The van der Waals surface area contributed by atoms with E-state index in [0.29, 0.717) is 6.04 Å². The Morgan fingerprint density at radius 2 is 1.57 bits per heavy atom. The van der Waals surface area contributed by atoms with Crippen LogP contribution >= 0.6 is 0 Å². The van der Waals surface area contributed by atoms with E-state index in [4.69, 9.17) is 0 Å². The molecule has 2 heterocycles. The van der Waals surface area contributed by atoms with Gasteiger partial charge in [0, 0.05) is 34.4 Å². The van der Waals surface area contributed by atoms with Crippen LogP contribution in [0.1, 0.15) is 18.9 Å². The first kappa shape index (κ1) is 12.8. The molecule has 3 aromatic rings. The second-order valence-electron chi connectivity index (χ2n) is 5.69. The fourth-order valence-electron chi connectivity index (χ4n) is 3.45. The summed E-state index contributed by atoms with van der Waals surface area (Å²) >= 11 is 0. The summed E-state index contributed by atoms with van der Waals surface area (Å²) in [5, 5.41) is 4.98. The van der Waals surface area contributed by atoms with Gasteiger partial charge < -0.3 is 9.88 Å². The third-order valence-electron chi connectivity index (χ3n) is 4.36. The quantitative estimate of drug-likeness (QED) is 0.715. The minimum Gasteiger partial charge on any atom is -0.336 e. The summed E-state index contributed by atoms with van der Waals surface area (Å²) in [4.78, 5) is 0. The molecule has 1 aliphatic heterocycles. The van der Waals surface area contributed by atoms with Gasteiger partial charge >= 0.3 is 0 Å². The van der Waals surface area contributed by atoms with Crippen molar-refractivity contribution in [1.29, 1.82) is 0 Å². The summed E-state index contributed by atoms with van der Waals surface area (Å²) in [6.07, 6.45) is 2.20. The molecule has 0 radical (unpaired) electrons. The highest BCUT2D eigenvalue weighted by molar-refractivity contribution is 6.08. The summed E-state index contributed by atoms with van der Waals surface area (Å²) in [5.41, 5.74) is 1.96. The van der Waals surface area contributed by atoms with Crippen molar-refractivity contribution in [2.24, 2.45) is 0 Å². The molecule has 1 unspecified atom stereocenters. The summed E-state index contributed by atoms with van der Waals surface area (Å²) in [7, 11) is 0. The van der Waals surface area contributed by atoms with Gasteiger partial charge in [-0.25, -0.2) is 8.78 Å². The Hall–Kier alpha value is -1.94. The van der Waals surface area contributed by atoms with Crippen LogP contribution in [0.3, 0.4) is 0 Å². The Labute approximate surface area is 121 Å². The number of fused-ring (bicyclic) bond motifs is 3. The van der Waals surface area contributed by atoms with Crippen LogP contribution in [0.4, 0.5) is 8.78 Å². The molecule has 21 heavy (non-hydrogen) atoms. The average Bonchev–Trinajstić information content (AvgIpc) is 2.81. The molecule has 0 saturated carbocycles. The van der Waals surface area contributed by atoms with E-state index in [1.54, 1.807) is 12.1 Å². The Kier molecular flexibility index (Phi) is 2.93. The summed E-state index contributed by atoms with van der Waals surface area (Å²) < 4.78 is 29.4. The van der Waals surface area contributed by atoms with Gasteiger partial charge in [0.05, 0.1) is 0 Å². The van der Waals surface area contributed by atoms with Crippen LogP contribution in [-0.4, -0.2) is 17.7 Å². The van der Waals surface area contributed by atoms with Crippen LogP contribution in [-0.2, 0) is 0 Å². The minimum atomic E-state index is -0.285. The standard InChI is InChI=1S/C17H16F2N2/c18-11-3-5-16-14(8-11)15-9-12(19)4-6-17(15)21(16)13-2-1-7-20-10-13/h3-6,8-9,13,20H,1-2,7,10H2. The first-order chi connectivity index (χ1) is 10.2. The number of aromatic nitrogens is 1. The number of piperidine rings is 1. The number of halogens is 2. The van der Waals surface area contributed by atoms with E-state index in [1.165, 1.54) is 24.3 Å². The van der Waals surface area contributed by atoms with Crippen LogP contribution in [0, 0.1) is 11.6 Å². The maximum atomic E-state index is 13.6. The van der Waals surface area contributed by atoms with Crippen molar-refractivity contribution in [2.75, 3.05) is 13.1 Å². The molecule has 1 fully saturated rings. The smallest absolute Gasteiger partial charge is 0.123 e. The Morgan fingerprint density at radius 1 is 0.952 bits per heavy atom. The van der Waals surface area contributed by atoms with E-state index >= 15 is 0 Å². The molecule has 1 N–H and O–H groups in total. The minimum absolute atomic E-state index is 0.285. The van der Waals surface area contributed by atoms with E-state index in [2.05, 4.69) is 9.88 Å². The maximum absolute atomic E-state index is 13.6. The van der Waals surface area contributed by atoms with Gasteiger partial charge in [0.1, 0.15) is 11.6 Å². The number of nitrogens with zero attached hydrogens (tertiary/aromatic N) is 1. The van der Waals surface area contributed by atoms with Gasteiger partial charge in [-0.15, -0.1) is 0 Å². The first-order valence-corrected chi connectivity index (χ1v) is 7.33. The lowest BCUT2D eigenvalue weighted by Gasteiger charge is -2.26. The maximum Gasteiger partial charge on any atom is 0.123 e. The third-order valence-corrected chi connectivity index (χ3v) is 4.36. The summed E-state index contributed by atoms with van der Waals surface area (Å²) in [6.45, 7) is 1.94. The third kappa shape index (κ3) is 2.02. The van der Waals surface area contributed by atoms with Crippen LogP contribution in [0.15, 0.2) is 36.4 Å². The molecule has 0 spiro atoms. The average molecular weight is 286 g/mol. The fourth-order valence-corrected chi connectivity index (χ4v) is 3.45.